The van der Waals surface area contributed by atoms with E-state index in [1.54, 1.807) is 0 Å². The summed E-state index contributed by atoms with van der Waals surface area (Å²) in [7, 11) is 2.02. The van der Waals surface area contributed by atoms with Gasteiger partial charge in [0.05, 0.1) is 0 Å². The average Bonchev–Trinajstić information content (AvgIpc) is 2.20. The molecule has 0 spiro atoms. The van der Waals surface area contributed by atoms with Gasteiger partial charge in [-0.25, -0.2) is 0 Å². The molecule has 2 heteroatoms. The van der Waals surface area contributed by atoms with E-state index in [0.29, 0.717) is 0 Å². The fourth-order valence-electron chi connectivity index (χ4n) is 1.83. The van der Waals surface area contributed by atoms with Crippen molar-refractivity contribution in [1.82, 2.24) is 4.31 Å². The van der Waals surface area contributed by atoms with Crippen molar-refractivity contribution in [3.63, 3.8) is 0 Å². The highest BCUT2D eigenvalue weighted by molar-refractivity contribution is 7.77. The largest absolute Gasteiger partial charge is 0.256 e. The highest BCUT2D eigenvalue weighted by atomic mass is 32.1. The Morgan fingerprint density at radius 1 is 0.733 bits per heavy atom. The van der Waals surface area contributed by atoms with Crippen molar-refractivity contribution < 1.29 is 0 Å². The van der Waals surface area contributed by atoms with Gasteiger partial charge in [-0.2, -0.15) is 0 Å². The molecule has 0 aliphatic rings. The molecule has 0 heterocycles. The zero-order chi connectivity index (χ0) is 11.4. The van der Waals surface area contributed by atoms with Gasteiger partial charge < -0.3 is 0 Å². The number of nitrogens with zero attached hydrogens (tertiary/aromatic N) is 1. The topological polar surface area (TPSA) is 3.24 Å². The Bertz CT molecular complexity index is 115. The highest BCUT2D eigenvalue weighted by Crippen LogP contribution is 2.10. The zero-order valence-electron chi connectivity index (χ0n) is 10.7. The summed E-state index contributed by atoms with van der Waals surface area (Å²) in [5.74, 6) is 0. The second-order valence-electron chi connectivity index (χ2n) is 4.56. The van der Waals surface area contributed by atoms with Gasteiger partial charge in [0, 0.05) is 6.54 Å². The monoisotopic (exact) mass is 231 g/mol. The van der Waals surface area contributed by atoms with Crippen LogP contribution >= 0.6 is 12.8 Å². The third kappa shape index (κ3) is 14.3. The molecule has 0 aromatic rings. The summed E-state index contributed by atoms with van der Waals surface area (Å²) in [5, 5.41) is 0. The van der Waals surface area contributed by atoms with Gasteiger partial charge >= 0.3 is 0 Å². The predicted octanol–water partition coefficient (Wildman–Crippen LogP) is 4.68. The quantitative estimate of drug-likeness (QED) is 0.399. The minimum atomic E-state index is 1.12. The van der Waals surface area contributed by atoms with Gasteiger partial charge in [0.2, 0.25) is 0 Å². The molecule has 0 unspecified atom stereocenters. The van der Waals surface area contributed by atoms with Crippen LogP contribution in [-0.2, 0) is 0 Å². The van der Waals surface area contributed by atoms with Gasteiger partial charge in [-0.05, 0) is 13.5 Å². The van der Waals surface area contributed by atoms with Crippen molar-refractivity contribution in [3.05, 3.63) is 0 Å². The smallest absolute Gasteiger partial charge is 0.00838 e. The molecule has 1 nitrogen and oxygen atoms in total. The molecule has 15 heavy (non-hydrogen) atoms. The summed E-state index contributed by atoms with van der Waals surface area (Å²) in [4.78, 5) is 0. The van der Waals surface area contributed by atoms with E-state index < -0.39 is 0 Å². The second-order valence-corrected chi connectivity index (χ2v) is 5.25. The molecule has 0 atom stereocenters. The van der Waals surface area contributed by atoms with E-state index in [0.717, 1.165) is 6.54 Å². The molecule has 0 aliphatic heterocycles. The Hall–Kier alpha value is 0.310. The maximum atomic E-state index is 4.22. The van der Waals surface area contributed by atoms with Crippen molar-refractivity contribution in [3.8, 4) is 0 Å². The van der Waals surface area contributed by atoms with Gasteiger partial charge in [-0.3, -0.25) is 4.31 Å². The second kappa shape index (κ2) is 12.4. The lowest BCUT2D eigenvalue weighted by Gasteiger charge is -2.07. The molecule has 92 valence electrons. The Labute approximate surface area is 102 Å². The number of hydrogen-bond acceptors (Lipinski definition) is 2. The van der Waals surface area contributed by atoms with Crippen LogP contribution in [0.2, 0.25) is 0 Å². The van der Waals surface area contributed by atoms with E-state index in [4.69, 9.17) is 0 Å². The minimum absolute atomic E-state index is 1.12. The van der Waals surface area contributed by atoms with Crippen LogP contribution in [0.15, 0.2) is 0 Å². The highest BCUT2D eigenvalue weighted by Gasteiger charge is 1.93. The van der Waals surface area contributed by atoms with Crippen molar-refractivity contribution in [2.75, 3.05) is 13.6 Å². The van der Waals surface area contributed by atoms with Crippen molar-refractivity contribution in [2.45, 2.75) is 71.1 Å². The SMILES string of the molecule is CCCCCCCCCCCCN(C)S. The number of hydrogen-bond donors (Lipinski definition) is 1. The molecule has 0 aromatic carbocycles. The average molecular weight is 231 g/mol. The molecule has 0 radical (unpaired) electrons. The van der Waals surface area contributed by atoms with E-state index in [-0.39, 0.29) is 0 Å². The summed E-state index contributed by atoms with van der Waals surface area (Å²) < 4.78 is 1.98. The molecule has 0 bridgehead atoms. The van der Waals surface area contributed by atoms with Crippen LogP contribution in [-0.4, -0.2) is 17.9 Å². The maximum absolute atomic E-state index is 4.22. The molecule has 0 fully saturated rings. The summed E-state index contributed by atoms with van der Waals surface area (Å²) in [6, 6.07) is 0. The van der Waals surface area contributed by atoms with Crippen LogP contribution in [0.5, 0.6) is 0 Å². The van der Waals surface area contributed by atoms with Crippen LogP contribution in [0, 0.1) is 0 Å². The molecule has 0 rings (SSSR count). The summed E-state index contributed by atoms with van der Waals surface area (Å²) in [6.07, 6.45) is 14.1. The first-order valence-corrected chi connectivity index (χ1v) is 7.07. The van der Waals surface area contributed by atoms with Crippen LogP contribution in [0.25, 0.3) is 0 Å². The lowest BCUT2D eigenvalue weighted by molar-refractivity contribution is 0.504. The van der Waals surface area contributed by atoms with Crippen LogP contribution in [0.1, 0.15) is 71.1 Å². The molecule has 0 saturated heterocycles. The summed E-state index contributed by atoms with van der Waals surface area (Å²) >= 11 is 4.22. The van der Waals surface area contributed by atoms with E-state index in [1.165, 1.54) is 64.2 Å². The standard InChI is InChI=1S/C13H29NS/c1-3-4-5-6-7-8-9-10-11-12-13-14(2)15/h15H,3-13H2,1-2H3. The number of thiol groups is 1. The molecule has 0 aromatic heterocycles. The fraction of sp³-hybridized carbons (Fsp3) is 1.00. The van der Waals surface area contributed by atoms with Crippen LogP contribution in [0.3, 0.4) is 0 Å². The normalized spacial score (nSPS) is 11.2. The molecule has 0 amide bonds. The first-order chi connectivity index (χ1) is 7.27. The lowest BCUT2D eigenvalue weighted by Crippen LogP contribution is -2.05. The van der Waals surface area contributed by atoms with E-state index in [2.05, 4.69) is 19.7 Å². The van der Waals surface area contributed by atoms with Crippen molar-refractivity contribution in [2.24, 2.45) is 0 Å². The fourth-order valence-corrected chi connectivity index (χ4v) is 1.97. The number of unbranched alkanes of at least 4 members (excludes halogenated alkanes) is 9. The molecule has 0 aliphatic carbocycles. The first kappa shape index (κ1) is 15.3. The molecular weight excluding hydrogens is 202 g/mol. The van der Waals surface area contributed by atoms with Crippen molar-refractivity contribution >= 4 is 12.8 Å². The molecule has 0 saturated carbocycles. The Morgan fingerprint density at radius 3 is 1.53 bits per heavy atom. The summed E-state index contributed by atoms with van der Waals surface area (Å²) in [6.45, 7) is 3.40. The lowest BCUT2D eigenvalue weighted by atomic mass is 10.1. The first-order valence-electron chi connectivity index (χ1n) is 6.67. The molecular formula is C13H29NS. The van der Waals surface area contributed by atoms with Crippen LogP contribution in [0.4, 0.5) is 0 Å². The zero-order valence-corrected chi connectivity index (χ0v) is 11.6. The molecule has 0 N–H and O–H groups in total. The van der Waals surface area contributed by atoms with Gasteiger partial charge in [0.1, 0.15) is 0 Å². The Balaban J connectivity index is 2.87. The third-order valence-corrected chi connectivity index (χ3v) is 3.04. The van der Waals surface area contributed by atoms with Gasteiger partial charge in [0.25, 0.3) is 0 Å². The van der Waals surface area contributed by atoms with E-state index >= 15 is 0 Å². The van der Waals surface area contributed by atoms with Crippen molar-refractivity contribution in [1.29, 1.82) is 0 Å². The number of rotatable bonds is 11. The minimum Gasteiger partial charge on any atom is -0.256 e. The van der Waals surface area contributed by atoms with Gasteiger partial charge in [-0.15, -0.1) is 0 Å². The van der Waals surface area contributed by atoms with E-state index in [9.17, 15) is 0 Å². The van der Waals surface area contributed by atoms with Gasteiger partial charge in [0.15, 0.2) is 0 Å². The predicted molar refractivity (Wildman–Crippen MR) is 73.5 cm³/mol. The van der Waals surface area contributed by atoms with Gasteiger partial charge in [-0.1, -0.05) is 77.5 Å². The third-order valence-electron chi connectivity index (χ3n) is 2.84. The van der Waals surface area contributed by atoms with Crippen LogP contribution < -0.4 is 0 Å². The Morgan fingerprint density at radius 2 is 1.13 bits per heavy atom. The van der Waals surface area contributed by atoms with E-state index in [1.807, 2.05) is 11.4 Å². The maximum Gasteiger partial charge on any atom is 0.00838 e. The summed E-state index contributed by atoms with van der Waals surface area (Å²) in [5.41, 5.74) is 0. The Kier molecular flexibility index (Phi) is 12.6.